The fourth-order valence-electron chi connectivity index (χ4n) is 1.23. The number of hydrogen-bond acceptors (Lipinski definition) is 5. The molecule has 0 aromatic rings. The molecule has 86 valence electrons. The van der Waals surface area contributed by atoms with Gasteiger partial charge in [0.25, 0.3) is 5.91 Å². The number of carboxylic acid groups (broad SMARTS) is 1. The molecule has 0 aliphatic carbocycles. The van der Waals surface area contributed by atoms with E-state index < -0.39 is 24.0 Å². The Morgan fingerprint density at radius 1 is 1.47 bits per heavy atom. The number of rotatable bonds is 4. The van der Waals surface area contributed by atoms with Gasteiger partial charge in [0.1, 0.15) is 5.54 Å². The van der Waals surface area contributed by atoms with Crippen LogP contribution in [-0.4, -0.2) is 42.3 Å². The van der Waals surface area contributed by atoms with Crippen molar-refractivity contribution in [2.45, 2.75) is 18.4 Å². The van der Waals surface area contributed by atoms with Crippen LogP contribution in [0.2, 0.25) is 0 Å². The van der Waals surface area contributed by atoms with Crippen LogP contribution in [0.3, 0.4) is 0 Å². The lowest BCUT2D eigenvalue weighted by Gasteiger charge is -2.31. The molecule has 0 unspecified atom stereocenters. The van der Waals surface area contributed by atoms with Gasteiger partial charge in [-0.25, -0.2) is 10.3 Å². The number of ether oxygens (including phenoxy) is 1. The monoisotopic (exact) mass is 218 g/mol. The second kappa shape index (κ2) is 5.06. The SMILES string of the molecule is NC1(C(=O)NOCC(=O)O)CCOCC1. The van der Waals surface area contributed by atoms with Gasteiger partial charge in [-0.1, -0.05) is 0 Å². The molecule has 1 rings (SSSR count). The maximum atomic E-state index is 11.5. The summed E-state index contributed by atoms with van der Waals surface area (Å²) in [7, 11) is 0. The Kier molecular flexibility index (Phi) is 4.01. The minimum absolute atomic E-state index is 0.398. The van der Waals surface area contributed by atoms with Gasteiger partial charge in [-0.3, -0.25) is 9.63 Å². The van der Waals surface area contributed by atoms with Crippen molar-refractivity contribution in [2.24, 2.45) is 5.73 Å². The van der Waals surface area contributed by atoms with Crippen LogP contribution in [0.5, 0.6) is 0 Å². The molecule has 1 fully saturated rings. The van der Waals surface area contributed by atoms with Crippen LogP contribution in [-0.2, 0) is 19.2 Å². The Balaban J connectivity index is 2.34. The summed E-state index contributed by atoms with van der Waals surface area (Å²) in [5.74, 6) is -1.67. The molecule has 0 aromatic heterocycles. The first-order chi connectivity index (χ1) is 7.04. The third kappa shape index (κ3) is 3.46. The summed E-state index contributed by atoms with van der Waals surface area (Å²) in [6, 6.07) is 0. The Bertz CT molecular complexity index is 249. The van der Waals surface area contributed by atoms with Gasteiger partial charge in [-0.15, -0.1) is 0 Å². The summed E-state index contributed by atoms with van der Waals surface area (Å²) in [4.78, 5) is 26.1. The first kappa shape index (κ1) is 11.9. The quantitative estimate of drug-likeness (QED) is 0.502. The summed E-state index contributed by atoms with van der Waals surface area (Å²) in [5.41, 5.74) is 6.81. The average molecular weight is 218 g/mol. The summed E-state index contributed by atoms with van der Waals surface area (Å²) < 4.78 is 5.06. The average Bonchev–Trinajstić information content (AvgIpc) is 2.18. The minimum atomic E-state index is -1.16. The van der Waals surface area contributed by atoms with Gasteiger partial charge < -0.3 is 15.6 Å². The number of amides is 1. The maximum Gasteiger partial charge on any atom is 0.332 e. The molecule has 1 saturated heterocycles. The Morgan fingerprint density at radius 2 is 2.07 bits per heavy atom. The number of carbonyl (C=O) groups excluding carboxylic acids is 1. The number of carboxylic acids is 1. The third-order valence-corrected chi connectivity index (χ3v) is 2.20. The summed E-state index contributed by atoms with van der Waals surface area (Å²) in [6.07, 6.45) is 0.796. The van der Waals surface area contributed by atoms with Crippen molar-refractivity contribution >= 4 is 11.9 Å². The van der Waals surface area contributed by atoms with Crippen molar-refractivity contribution in [3.63, 3.8) is 0 Å². The number of nitrogens with two attached hydrogens (primary N) is 1. The molecule has 1 aliphatic rings. The van der Waals surface area contributed by atoms with E-state index in [1.165, 1.54) is 0 Å². The van der Waals surface area contributed by atoms with Crippen molar-refractivity contribution in [1.82, 2.24) is 5.48 Å². The molecule has 1 aliphatic heterocycles. The number of hydroxylamine groups is 1. The lowest BCUT2D eigenvalue weighted by Crippen LogP contribution is -2.57. The van der Waals surface area contributed by atoms with Gasteiger partial charge in [0.05, 0.1) is 0 Å². The van der Waals surface area contributed by atoms with Crippen molar-refractivity contribution < 1.29 is 24.3 Å². The molecule has 7 heteroatoms. The molecule has 4 N–H and O–H groups in total. The van der Waals surface area contributed by atoms with Crippen LogP contribution in [0.1, 0.15) is 12.8 Å². The second-order valence-electron chi connectivity index (χ2n) is 3.38. The zero-order chi connectivity index (χ0) is 11.3. The number of nitrogens with one attached hydrogen (secondary N) is 1. The van der Waals surface area contributed by atoms with Gasteiger partial charge in [0, 0.05) is 13.2 Å². The van der Waals surface area contributed by atoms with E-state index in [1.807, 2.05) is 5.48 Å². The molecule has 0 radical (unpaired) electrons. The lowest BCUT2D eigenvalue weighted by atomic mass is 9.91. The predicted molar refractivity (Wildman–Crippen MR) is 48.7 cm³/mol. The molecular formula is C8H14N2O5. The van der Waals surface area contributed by atoms with E-state index in [-0.39, 0.29) is 0 Å². The van der Waals surface area contributed by atoms with E-state index in [4.69, 9.17) is 15.6 Å². The molecular weight excluding hydrogens is 204 g/mol. The van der Waals surface area contributed by atoms with Crippen LogP contribution in [0.25, 0.3) is 0 Å². The number of carbonyl (C=O) groups is 2. The summed E-state index contributed by atoms with van der Waals surface area (Å²) >= 11 is 0. The Hall–Kier alpha value is -1.18. The van der Waals surface area contributed by atoms with Gasteiger partial charge in [-0.2, -0.15) is 0 Å². The van der Waals surface area contributed by atoms with Crippen molar-refractivity contribution in [3.05, 3.63) is 0 Å². The van der Waals surface area contributed by atoms with Crippen LogP contribution in [0.15, 0.2) is 0 Å². The maximum absolute atomic E-state index is 11.5. The molecule has 0 spiro atoms. The normalized spacial score (nSPS) is 19.5. The topological polar surface area (TPSA) is 111 Å². The van der Waals surface area contributed by atoms with E-state index in [9.17, 15) is 9.59 Å². The predicted octanol–water partition coefficient (Wildman–Crippen LogP) is -1.37. The van der Waals surface area contributed by atoms with Crippen molar-refractivity contribution in [2.75, 3.05) is 19.8 Å². The van der Waals surface area contributed by atoms with Crippen molar-refractivity contribution in [1.29, 1.82) is 0 Å². The van der Waals surface area contributed by atoms with Crippen LogP contribution >= 0.6 is 0 Å². The molecule has 1 amide bonds. The van der Waals surface area contributed by atoms with Gasteiger partial charge in [-0.05, 0) is 12.8 Å². The second-order valence-corrected chi connectivity index (χ2v) is 3.38. The standard InChI is InChI=1S/C8H14N2O5/c9-8(1-3-14-4-2-8)7(13)10-15-5-6(11)12/h1-5,9H2,(H,10,13)(H,11,12). The zero-order valence-electron chi connectivity index (χ0n) is 8.19. The smallest absolute Gasteiger partial charge is 0.332 e. The highest BCUT2D eigenvalue weighted by atomic mass is 16.7. The molecule has 15 heavy (non-hydrogen) atoms. The molecule has 0 bridgehead atoms. The highest BCUT2D eigenvalue weighted by Crippen LogP contribution is 2.17. The van der Waals surface area contributed by atoms with E-state index in [0.29, 0.717) is 26.1 Å². The largest absolute Gasteiger partial charge is 0.479 e. The molecule has 0 saturated carbocycles. The molecule has 1 heterocycles. The molecule has 0 aromatic carbocycles. The van der Waals surface area contributed by atoms with Gasteiger partial charge in [0.15, 0.2) is 6.61 Å². The summed E-state index contributed by atoms with van der Waals surface area (Å²) in [6.45, 7) is 0.254. The van der Waals surface area contributed by atoms with E-state index >= 15 is 0 Å². The fourth-order valence-corrected chi connectivity index (χ4v) is 1.23. The van der Waals surface area contributed by atoms with Gasteiger partial charge >= 0.3 is 5.97 Å². The van der Waals surface area contributed by atoms with Gasteiger partial charge in [0.2, 0.25) is 0 Å². The first-order valence-electron chi connectivity index (χ1n) is 4.55. The Morgan fingerprint density at radius 3 is 2.60 bits per heavy atom. The van der Waals surface area contributed by atoms with Crippen molar-refractivity contribution in [3.8, 4) is 0 Å². The zero-order valence-corrected chi connectivity index (χ0v) is 8.19. The third-order valence-electron chi connectivity index (χ3n) is 2.20. The van der Waals surface area contributed by atoms with E-state index in [0.717, 1.165) is 0 Å². The van der Waals surface area contributed by atoms with Crippen LogP contribution in [0, 0.1) is 0 Å². The fraction of sp³-hybridized carbons (Fsp3) is 0.750. The first-order valence-corrected chi connectivity index (χ1v) is 4.55. The lowest BCUT2D eigenvalue weighted by molar-refractivity contribution is -0.152. The van der Waals surface area contributed by atoms with E-state index in [2.05, 4.69) is 4.84 Å². The number of hydrogen-bond donors (Lipinski definition) is 3. The highest BCUT2D eigenvalue weighted by Gasteiger charge is 2.36. The molecule has 0 atom stereocenters. The van der Waals surface area contributed by atoms with Crippen LogP contribution in [0.4, 0.5) is 0 Å². The molecule has 7 nitrogen and oxygen atoms in total. The minimum Gasteiger partial charge on any atom is -0.479 e. The van der Waals surface area contributed by atoms with E-state index in [1.54, 1.807) is 0 Å². The number of aliphatic carboxylic acids is 1. The summed E-state index contributed by atoms with van der Waals surface area (Å²) in [5, 5.41) is 8.27. The Labute approximate surface area is 86.5 Å². The highest BCUT2D eigenvalue weighted by molar-refractivity contribution is 5.85. The van der Waals surface area contributed by atoms with Crippen LogP contribution < -0.4 is 11.2 Å².